The molecule has 3 nitrogen and oxygen atoms in total. The Bertz CT molecular complexity index is 346. The Labute approximate surface area is 103 Å². The van der Waals surface area contributed by atoms with E-state index in [1.807, 2.05) is 0 Å². The van der Waals surface area contributed by atoms with E-state index in [-0.39, 0.29) is 5.97 Å². The Morgan fingerprint density at radius 2 is 2.00 bits per heavy atom. The molecule has 0 bridgehead atoms. The summed E-state index contributed by atoms with van der Waals surface area (Å²) >= 11 is 0. The minimum Gasteiger partial charge on any atom is -0.469 e. The van der Waals surface area contributed by atoms with E-state index in [0.29, 0.717) is 12.5 Å². The zero-order valence-electron chi connectivity index (χ0n) is 10.8. The molecule has 3 heteroatoms. The van der Waals surface area contributed by atoms with Crippen molar-refractivity contribution in [3.05, 3.63) is 35.4 Å². The lowest BCUT2D eigenvalue weighted by atomic mass is 10.1. The second-order valence-corrected chi connectivity index (χ2v) is 4.27. The average Bonchev–Trinajstić information content (AvgIpc) is 2.34. The summed E-state index contributed by atoms with van der Waals surface area (Å²) in [4.78, 5) is 10.9. The summed E-state index contributed by atoms with van der Waals surface area (Å²) in [6, 6.07) is 8.80. The molecule has 0 unspecified atom stereocenters. The summed E-state index contributed by atoms with van der Waals surface area (Å²) in [6.07, 6.45) is 1.28. The molecule has 0 aromatic heterocycles. The van der Waals surface area contributed by atoms with Gasteiger partial charge in [0.2, 0.25) is 0 Å². The fourth-order valence-corrected chi connectivity index (χ4v) is 1.63. The van der Waals surface area contributed by atoms with Gasteiger partial charge in [0.05, 0.1) is 7.11 Å². The zero-order chi connectivity index (χ0) is 12.7. The van der Waals surface area contributed by atoms with Crippen molar-refractivity contribution in [3.8, 4) is 0 Å². The highest BCUT2D eigenvalue weighted by Crippen LogP contribution is 2.12. The van der Waals surface area contributed by atoms with Gasteiger partial charge in [-0.25, -0.2) is 0 Å². The molecule has 94 valence electrons. The number of hydrogen-bond donors (Lipinski definition) is 1. The van der Waals surface area contributed by atoms with Crippen LogP contribution in [0.3, 0.4) is 0 Å². The van der Waals surface area contributed by atoms with Crippen LogP contribution in [0.1, 0.15) is 36.9 Å². The fraction of sp³-hybridized carbons (Fsp3) is 0.500. The Hall–Kier alpha value is -1.35. The van der Waals surface area contributed by atoms with E-state index in [1.165, 1.54) is 18.2 Å². The minimum atomic E-state index is -0.144. The fourth-order valence-electron chi connectivity index (χ4n) is 1.63. The second kappa shape index (κ2) is 7.07. The maximum absolute atomic E-state index is 10.9. The molecule has 1 aromatic carbocycles. The highest BCUT2D eigenvalue weighted by molar-refractivity contribution is 5.69. The van der Waals surface area contributed by atoms with Crippen LogP contribution >= 0.6 is 0 Å². The molecular formula is C14H21NO2. The second-order valence-electron chi connectivity index (χ2n) is 4.27. The maximum atomic E-state index is 10.9. The van der Waals surface area contributed by atoms with Crippen molar-refractivity contribution in [1.29, 1.82) is 0 Å². The Morgan fingerprint density at radius 1 is 1.35 bits per heavy atom. The summed E-state index contributed by atoms with van der Waals surface area (Å²) in [5.74, 6) is -0.144. The van der Waals surface area contributed by atoms with Gasteiger partial charge in [0, 0.05) is 12.5 Å². The minimum absolute atomic E-state index is 0.144. The van der Waals surface area contributed by atoms with Crippen molar-refractivity contribution < 1.29 is 9.53 Å². The SMILES string of the molecule is COC(=O)CCCN[C@@H](C)c1ccc(C)cc1. The first-order valence-electron chi connectivity index (χ1n) is 6.00. The van der Waals surface area contributed by atoms with Crippen molar-refractivity contribution in [2.45, 2.75) is 32.7 Å². The number of benzene rings is 1. The number of aryl methyl sites for hydroxylation is 1. The molecule has 0 radical (unpaired) electrons. The van der Waals surface area contributed by atoms with Crippen molar-refractivity contribution in [1.82, 2.24) is 5.32 Å². The van der Waals surface area contributed by atoms with E-state index >= 15 is 0 Å². The van der Waals surface area contributed by atoms with Gasteiger partial charge >= 0.3 is 5.97 Å². The van der Waals surface area contributed by atoms with Gasteiger partial charge in [0.25, 0.3) is 0 Å². The van der Waals surface area contributed by atoms with Gasteiger partial charge in [0.1, 0.15) is 0 Å². The van der Waals surface area contributed by atoms with Gasteiger partial charge in [-0.15, -0.1) is 0 Å². The molecule has 0 amide bonds. The van der Waals surface area contributed by atoms with Crippen molar-refractivity contribution >= 4 is 5.97 Å². The smallest absolute Gasteiger partial charge is 0.305 e. The van der Waals surface area contributed by atoms with Crippen molar-refractivity contribution in [2.75, 3.05) is 13.7 Å². The maximum Gasteiger partial charge on any atom is 0.305 e. The van der Waals surface area contributed by atoms with Gasteiger partial charge in [-0.2, -0.15) is 0 Å². The average molecular weight is 235 g/mol. The van der Waals surface area contributed by atoms with E-state index in [1.54, 1.807) is 0 Å². The Kier molecular flexibility index (Phi) is 5.70. The van der Waals surface area contributed by atoms with Crippen LogP contribution in [0.2, 0.25) is 0 Å². The van der Waals surface area contributed by atoms with Gasteiger partial charge in [-0.3, -0.25) is 4.79 Å². The number of nitrogens with one attached hydrogen (secondary N) is 1. The van der Waals surface area contributed by atoms with Gasteiger partial charge in [0.15, 0.2) is 0 Å². The monoisotopic (exact) mass is 235 g/mol. The topological polar surface area (TPSA) is 38.3 Å². The molecule has 1 aromatic rings. The van der Waals surface area contributed by atoms with E-state index in [9.17, 15) is 4.79 Å². The normalized spacial score (nSPS) is 12.2. The van der Waals surface area contributed by atoms with Crippen molar-refractivity contribution in [2.24, 2.45) is 0 Å². The first-order valence-corrected chi connectivity index (χ1v) is 6.00. The first-order chi connectivity index (χ1) is 8.13. The Balaban J connectivity index is 2.27. The summed E-state index contributed by atoms with van der Waals surface area (Å²) < 4.78 is 4.59. The third-order valence-electron chi connectivity index (χ3n) is 2.81. The van der Waals surface area contributed by atoms with Crippen LogP contribution in [0.5, 0.6) is 0 Å². The molecule has 1 N–H and O–H groups in total. The summed E-state index contributed by atoms with van der Waals surface area (Å²) in [5, 5.41) is 3.39. The highest BCUT2D eigenvalue weighted by atomic mass is 16.5. The molecule has 0 saturated carbocycles. The summed E-state index contributed by atoms with van der Waals surface area (Å²) in [6.45, 7) is 5.03. The number of carbonyl (C=O) groups is 1. The number of rotatable bonds is 6. The van der Waals surface area contributed by atoms with Crippen LogP contribution in [0.15, 0.2) is 24.3 Å². The highest BCUT2D eigenvalue weighted by Gasteiger charge is 2.04. The molecule has 0 fully saturated rings. The molecule has 0 saturated heterocycles. The molecule has 1 rings (SSSR count). The van der Waals surface area contributed by atoms with Crippen LogP contribution in [0.4, 0.5) is 0 Å². The predicted molar refractivity (Wildman–Crippen MR) is 68.8 cm³/mol. The number of carbonyl (C=O) groups excluding carboxylic acids is 1. The summed E-state index contributed by atoms with van der Waals surface area (Å²) in [5.41, 5.74) is 2.54. The largest absolute Gasteiger partial charge is 0.469 e. The van der Waals surface area contributed by atoms with Crippen LogP contribution in [0, 0.1) is 6.92 Å². The van der Waals surface area contributed by atoms with Gasteiger partial charge < -0.3 is 10.1 Å². The number of methoxy groups -OCH3 is 1. The number of ether oxygens (including phenoxy) is 1. The van der Waals surface area contributed by atoms with Gasteiger partial charge in [-0.05, 0) is 32.4 Å². The van der Waals surface area contributed by atoms with Gasteiger partial charge in [-0.1, -0.05) is 29.8 Å². The van der Waals surface area contributed by atoms with E-state index in [0.717, 1.165) is 13.0 Å². The summed E-state index contributed by atoms with van der Waals surface area (Å²) in [7, 11) is 1.42. The lowest BCUT2D eigenvalue weighted by molar-refractivity contribution is -0.140. The lowest BCUT2D eigenvalue weighted by Gasteiger charge is -2.14. The number of esters is 1. The Morgan fingerprint density at radius 3 is 2.59 bits per heavy atom. The molecule has 0 aliphatic carbocycles. The zero-order valence-corrected chi connectivity index (χ0v) is 10.8. The molecule has 0 spiro atoms. The van der Waals surface area contributed by atoms with Crippen LogP contribution in [-0.2, 0) is 9.53 Å². The van der Waals surface area contributed by atoms with E-state index < -0.39 is 0 Å². The predicted octanol–water partition coefficient (Wildman–Crippen LogP) is 2.60. The third kappa shape index (κ3) is 5.00. The van der Waals surface area contributed by atoms with E-state index in [4.69, 9.17) is 0 Å². The third-order valence-corrected chi connectivity index (χ3v) is 2.81. The van der Waals surface area contributed by atoms with Crippen molar-refractivity contribution in [3.63, 3.8) is 0 Å². The van der Waals surface area contributed by atoms with Crippen LogP contribution < -0.4 is 5.32 Å². The van der Waals surface area contributed by atoms with Crippen LogP contribution in [0.25, 0.3) is 0 Å². The molecule has 0 aliphatic heterocycles. The molecule has 17 heavy (non-hydrogen) atoms. The van der Waals surface area contributed by atoms with Crippen LogP contribution in [-0.4, -0.2) is 19.6 Å². The quantitative estimate of drug-likeness (QED) is 0.608. The molecule has 0 aliphatic rings. The molecule has 0 heterocycles. The molecular weight excluding hydrogens is 214 g/mol. The first kappa shape index (κ1) is 13.7. The molecule has 1 atom stereocenters. The van der Waals surface area contributed by atoms with E-state index in [2.05, 4.69) is 48.2 Å². The number of hydrogen-bond acceptors (Lipinski definition) is 3. The lowest BCUT2D eigenvalue weighted by Crippen LogP contribution is -2.20. The standard InChI is InChI=1S/C14H21NO2/c1-11-6-8-13(9-7-11)12(2)15-10-4-5-14(16)17-3/h6-9,12,15H,4-5,10H2,1-3H3/t12-/m0/s1.